The monoisotopic (exact) mass is 569 g/mol. The summed E-state index contributed by atoms with van der Waals surface area (Å²) < 4.78 is 0. The van der Waals surface area contributed by atoms with Crippen molar-refractivity contribution in [1.29, 1.82) is 0 Å². The van der Waals surface area contributed by atoms with Gasteiger partial charge in [0.05, 0.1) is 12.2 Å². The quantitative estimate of drug-likeness (QED) is 0.192. The Bertz CT molecular complexity index is 1550. The molecule has 1 aliphatic carbocycles. The largest absolute Gasteiger partial charge is 0.349 e. The molecule has 1 aliphatic rings. The van der Waals surface area contributed by atoms with Gasteiger partial charge < -0.3 is 21.7 Å². The lowest BCUT2D eigenvalue weighted by Crippen LogP contribution is -2.25. The van der Waals surface area contributed by atoms with Gasteiger partial charge in [-0.3, -0.25) is 14.4 Å². The number of hydrogen-bond donors (Lipinski definition) is 4. The molecule has 0 bridgehead atoms. The Hall–Kier alpha value is -4.34. The molecule has 1 fully saturated rings. The highest BCUT2D eigenvalue weighted by atomic mass is 32.1. The van der Waals surface area contributed by atoms with Gasteiger partial charge in [0, 0.05) is 35.8 Å². The molecule has 9 heteroatoms. The molecule has 1 aromatic heterocycles. The number of Topliss-reactive ketones (excluding diaryl/α,β-unsaturated/α-hetero) is 1. The Morgan fingerprint density at radius 1 is 0.951 bits per heavy atom. The van der Waals surface area contributed by atoms with Crippen LogP contribution in [0.5, 0.6) is 0 Å². The zero-order valence-electron chi connectivity index (χ0n) is 22.2. The van der Waals surface area contributed by atoms with Gasteiger partial charge in [-0.15, -0.1) is 0 Å². The maximum Gasteiger partial charge on any atom is 0.264 e. The van der Waals surface area contributed by atoms with Crippen LogP contribution in [-0.4, -0.2) is 35.2 Å². The highest BCUT2D eigenvalue weighted by Crippen LogP contribution is 2.34. The van der Waals surface area contributed by atoms with E-state index in [1.807, 2.05) is 79.7 Å². The van der Waals surface area contributed by atoms with Crippen molar-refractivity contribution in [2.75, 3.05) is 11.9 Å². The van der Waals surface area contributed by atoms with E-state index in [2.05, 4.69) is 16.0 Å². The lowest BCUT2D eigenvalue weighted by Gasteiger charge is -2.10. The molecule has 3 aromatic carbocycles. The molecule has 8 nitrogen and oxygen atoms in total. The molecule has 0 atom stereocenters. The average molecular weight is 570 g/mol. The Morgan fingerprint density at radius 3 is 2.44 bits per heavy atom. The summed E-state index contributed by atoms with van der Waals surface area (Å²) in [4.78, 5) is 43.2. The predicted molar refractivity (Wildman–Crippen MR) is 165 cm³/mol. The Labute approximate surface area is 244 Å². The summed E-state index contributed by atoms with van der Waals surface area (Å²) in [5.41, 5.74) is 10.8. The number of aryl methyl sites for hydroxylation is 1. The third-order valence-corrected chi connectivity index (χ3v) is 7.58. The van der Waals surface area contributed by atoms with Crippen molar-refractivity contribution >= 4 is 39.8 Å². The van der Waals surface area contributed by atoms with Crippen molar-refractivity contribution in [2.45, 2.75) is 46.2 Å². The van der Waals surface area contributed by atoms with Crippen LogP contribution >= 0.6 is 11.3 Å². The second-order valence-electron chi connectivity index (χ2n) is 9.89. The third-order valence-electron chi connectivity index (χ3n) is 6.61. The molecule has 5 N–H and O–H groups in total. The van der Waals surface area contributed by atoms with E-state index in [0.29, 0.717) is 27.8 Å². The maximum atomic E-state index is 13.4. The zero-order valence-corrected chi connectivity index (χ0v) is 23.0. The van der Waals surface area contributed by atoms with Gasteiger partial charge in [-0.1, -0.05) is 73.4 Å². The summed E-state index contributed by atoms with van der Waals surface area (Å²) in [6, 6.07) is 22.9. The number of aromatic nitrogens is 1. The van der Waals surface area contributed by atoms with E-state index in [1.165, 1.54) is 11.3 Å². The first-order valence-corrected chi connectivity index (χ1v) is 14.0. The van der Waals surface area contributed by atoms with Crippen molar-refractivity contribution in [3.8, 4) is 11.3 Å². The molecule has 212 valence electrons. The molecule has 0 saturated heterocycles. The number of rotatable bonds is 11. The van der Waals surface area contributed by atoms with Crippen LogP contribution in [0.2, 0.25) is 0 Å². The van der Waals surface area contributed by atoms with Crippen LogP contribution in [-0.2, 0) is 17.8 Å². The minimum absolute atomic E-state index is 0. The molecular formula is C32H35N5O3S. The van der Waals surface area contributed by atoms with Gasteiger partial charge >= 0.3 is 0 Å². The van der Waals surface area contributed by atoms with Crippen LogP contribution in [0, 0.1) is 6.92 Å². The fourth-order valence-corrected chi connectivity index (χ4v) is 5.14. The second-order valence-corrected chi connectivity index (χ2v) is 10.9. The standard InChI is InChI=1S/C31H31N5O3S.CH4/c1-19-10-11-23(29(38)34-24-12-13-24)16-26(19)35-31-36-27(22-9-5-8-21(14-22)15-25(37)17-32)28(40-31)30(39)33-18-20-6-3-2-4-7-20;/h2-11,14,16,24H,12-13,15,17-18,32H2,1H3,(H,33,39)(H,34,38)(H,35,36);1H4. The van der Waals surface area contributed by atoms with E-state index in [0.717, 1.165) is 40.8 Å². The molecule has 5 rings (SSSR count). The molecule has 0 spiro atoms. The number of thiazole rings is 1. The van der Waals surface area contributed by atoms with Crippen LogP contribution in [0.3, 0.4) is 0 Å². The van der Waals surface area contributed by atoms with Crippen LogP contribution < -0.4 is 21.7 Å². The molecule has 0 radical (unpaired) electrons. The fraction of sp³-hybridized carbons (Fsp3) is 0.250. The number of nitrogens with two attached hydrogens (primary N) is 1. The Morgan fingerprint density at radius 2 is 1.71 bits per heavy atom. The first-order chi connectivity index (χ1) is 19.4. The van der Waals surface area contributed by atoms with Crippen molar-refractivity contribution in [3.63, 3.8) is 0 Å². The van der Waals surface area contributed by atoms with Crippen LogP contribution in [0.1, 0.15) is 57.0 Å². The Balaban J connectivity index is 0.00000387. The molecular weight excluding hydrogens is 534 g/mol. The number of amides is 2. The highest BCUT2D eigenvalue weighted by molar-refractivity contribution is 7.18. The number of anilines is 2. The van der Waals surface area contributed by atoms with Crippen LogP contribution in [0.15, 0.2) is 72.8 Å². The summed E-state index contributed by atoms with van der Waals surface area (Å²) >= 11 is 1.24. The molecule has 4 aromatic rings. The van der Waals surface area contributed by atoms with Crippen molar-refractivity contribution in [2.24, 2.45) is 5.73 Å². The summed E-state index contributed by atoms with van der Waals surface area (Å²) in [7, 11) is 0. The minimum Gasteiger partial charge on any atom is -0.349 e. The fourth-order valence-electron chi connectivity index (χ4n) is 4.22. The van der Waals surface area contributed by atoms with Crippen LogP contribution in [0.4, 0.5) is 10.8 Å². The van der Waals surface area contributed by atoms with Crippen LogP contribution in [0.25, 0.3) is 11.3 Å². The Kier molecular flexibility index (Phi) is 9.65. The SMILES string of the molecule is C.Cc1ccc(C(=O)NC2CC2)cc1Nc1nc(-c2cccc(CC(=O)CN)c2)c(C(=O)NCc2ccccc2)s1. The van der Waals surface area contributed by atoms with E-state index in [1.54, 1.807) is 0 Å². The van der Waals surface area contributed by atoms with Gasteiger partial charge in [0.15, 0.2) is 10.9 Å². The number of nitrogens with one attached hydrogen (secondary N) is 3. The number of hydrogen-bond acceptors (Lipinski definition) is 7. The summed E-state index contributed by atoms with van der Waals surface area (Å²) in [6.07, 6.45) is 2.24. The second kappa shape index (κ2) is 13.3. The van der Waals surface area contributed by atoms with Gasteiger partial charge in [0.1, 0.15) is 4.88 Å². The van der Waals surface area contributed by atoms with E-state index < -0.39 is 0 Å². The minimum atomic E-state index is -0.248. The number of ketones is 1. The summed E-state index contributed by atoms with van der Waals surface area (Å²) in [6.45, 7) is 2.30. The number of carbonyl (C=O) groups excluding carboxylic acids is 3. The molecule has 0 aliphatic heterocycles. The van der Waals surface area contributed by atoms with Crippen molar-refractivity contribution < 1.29 is 14.4 Å². The lowest BCUT2D eigenvalue weighted by atomic mass is 10.0. The van der Waals surface area contributed by atoms with Crippen molar-refractivity contribution in [3.05, 3.63) is 99.9 Å². The lowest BCUT2D eigenvalue weighted by molar-refractivity contribution is -0.117. The predicted octanol–water partition coefficient (Wildman–Crippen LogP) is 5.39. The number of carbonyl (C=O) groups is 3. The topological polar surface area (TPSA) is 126 Å². The van der Waals surface area contributed by atoms with Crippen molar-refractivity contribution in [1.82, 2.24) is 15.6 Å². The van der Waals surface area contributed by atoms with E-state index in [-0.39, 0.29) is 44.0 Å². The first-order valence-electron chi connectivity index (χ1n) is 13.2. The molecule has 1 saturated carbocycles. The number of nitrogens with zero attached hydrogens (tertiary/aromatic N) is 1. The molecule has 1 heterocycles. The third kappa shape index (κ3) is 7.65. The van der Waals surface area contributed by atoms with E-state index in [4.69, 9.17) is 10.7 Å². The van der Waals surface area contributed by atoms with Gasteiger partial charge in [0.25, 0.3) is 11.8 Å². The highest BCUT2D eigenvalue weighted by Gasteiger charge is 2.24. The zero-order chi connectivity index (χ0) is 28.1. The molecule has 41 heavy (non-hydrogen) atoms. The summed E-state index contributed by atoms with van der Waals surface area (Å²) in [5.74, 6) is -0.419. The van der Waals surface area contributed by atoms with Gasteiger partial charge in [0.2, 0.25) is 0 Å². The van der Waals surface area contributed by atoms with Gasteiger partial charge in [-0.2, -0.15) is 0 Å². The van der Waals surface area contributed by atoms with Gasteiger partial charge in [-0.25, -0.2) is 4.98 Å². The van der Waals surface area contributed by atoms with Gasteiger partial charge in [-0.05, 0) is 54.7 Å². The average Bonchev–Trinajstić information content (AvgIpc) is 3.68. The first kappa shape index (κ1) is 29.6. The maximum absolute atomic E-state index is 13.4. The van der Waals surface area contributed by atoms with E-state index >= 15 is 0 Å². The smallest absolute Gasteiger partial charge is 0.264 e. The normalized spacial score (nSPS) is 12.2. The number of benzene rings is 3. The molecule has 0 unspecified atom stereocenters. The molecule has 2 amide bonds. The van der Waals surface area contributed by atoms with E-state index in [9.17, 15) is 14.4 Å². The summed E-state index contributed by atoms with van der Waals surface area (Å²) in [5, 5.41) is 9.86.